The van der Waals surface area contributed by atoms with E-state index >= 15 is 0 Å². The van der Waals surface area contributed by atoms with E-state index in [4.69, 9.17) is 0 Å². The molecule has 0 amide bonds. The van der Waals surface area contributed by atoms with Crippen LogP contribution in [0.1, 0.15) is 37.1 Å². The number of aliphatic hydroxyl groups is 1. The van der Waals surface area contributed by atoms with Crippen LogP contribution < -0.4 is 0 Å². The van der Waals surface area contributed by atoms with E-state index in [2.05, 4.69) is 23.6 Å². The van der Waals surface area contributed by atoms with Crippen LogP contribution >= 0.6 is 0 Å². The Kier molecular flexibility index (Phi) is 8.33. The number of hydrogen-bond donors (Lipinski definition) is 1. The molecule has 0 bridgehead atoms. The van der Waals surface area contributed by atoms with Crippen LogP contribution in [0.25, 0.3) is 0 Å². The Hall–Kier alpha value is -1.67. The zero-order valence-electron chi connectivity index (χ0n) is 18.4. The minimum atomic E-state index is -1.26. The molecule has 1 unspecified atom stereocenters. The normalized spacial score (nSPS) is 22.5. The molecule has 0 spiro atoms. The summed E-state index contributed by atoms with van der Waals surface area (Å²) >= 11 is 0. The molecule has 0 saturated carbocycles. The lowest BCUT2D eigenvalue weighted by Gasteiger charge is -2.45. The molecule has 1 fully saturated rings. The van der Waals surface area contributed by atoms with E-state index in [0.29, 0.717) is 30.9 Å². The SMILES string of the molecule is C[C@H](O)CN1[C@H](C)CN(CCS(=O)C(c2ccc(F)cc2)c2ccc(F)cc2)C[C@@H]1C. The Morgan fingerprint density at radius 1 is 0.968 bits per heavy atom. The molecule has 0 radical (unpaired) electrons. The summed E-state index contributed by atoms with van der Waals surface area (Å²) in [5.74, 6) is -0.217. The van der Waals surface area contributed by atoms with Crippen LogP contribution in [0.2, 0.25) is 0 Å². The number of rotatable bonds is 8. The van der Waals surface area contributed by atoms with Gasteiger partial charge in [-0.3, -0.25) is 14.0 Å². The largest absolute Gasteiger partial charge is 0.392 e. The van der Waals surface area contributed by atoms with Gasteiger partial charge in [0.25, 0.3) is 0 Å². The maximum atomic E-state index is 13.4. The van der Waals surface area contributed by atoms with Crippen molar-refractivity contribution in [2.45, 2.75) is 44.2 Å². The van der Waals surface area contributed by atoms with Gasteiger partial charge in [0.2, 0.25) is 0 Å². The van der Waals surface area contributed by atoms with Crippen LogP contribution in [0.3, 0.4) is 0 Å². The average molecular weight is 451 g/mol. The number of benzene rings is 2. The molecule has 3 rings (SSSR count). The number of hydrogen-bond acceptors (Lipinski definition) is 4. The van der Waals surface area contributed by atoms with Gasteiger partial charge < -0.3 is 5.11 Å². The van der Waals surface area contributed by atoms with Crippen molar-refractivity contribution in [1.29, 1.82) is 0 Å². The Bertz CT molecular complexity index is 803. The third-order valence-corrected chi connectivity index (χ3v) is 7.52. The van der Waals surface area contributed by atoms with Crippen molar-refractivity contribution in [1.82, 2.24) is 9.80 Å². The highest BCUT2D eigenvalue weighted by Gasteiger charge is 2.30. The van der Waals surface area contributed by atoms with Gasteiger partial charge >= 0.3 is 0 Å². The van der Waals surface area contributed by atoms with Crippen LogP contribution in [-0.2, 0) is 10.8 Å². The van der Waals surface area contributed by atoms with E-state index in [1.165, 1.54) is 24.3 Å². The minimum Gasteiger partial charge on any atom is -0.392 e. The van der Waals surface area contributed by atoms with Crippen molar-refractivity contribution in [2.24, 2.45) is 0 Å². The molecule has 1 heterocycles. The van der Waals surface area contributed by atoms with Gasteiger partial charge in [-0.25, -0.2) is 8.78 Å². The maximum absolute atomic E-state index is 13.4. The summed E-state index contributed by atoms with van der Waals surface area (Å²) in [5, 5.41) is 9.31. The van der Waals surface area contributed by atoms with Crippen LogP contribution in [0.4, 0.5) is 8.78 Å². The fourth-order valence-corrected chi connectivity index (χ4v) is 6.02. The number of halogens is 2. The lowest BCUT2D eigenvalue weighted by atomic mass is 10.0. The first-order chi connectivity index (χ1) is 14.7. The lowest BCUT2D eigenvalue weighted by Crippen LogP contribution is -2.58. The molecule has 7 heteroatoms. The van der Waals surface area contributed by atoms with E-state index in [0.717, 1.165) is 24.2 Å². The molecule has 1 N–H and O–H groups in total. The summed E-state index contributed by atoms with van der Waals surface area (Å²) < 4.78 is 40.2. The van der Waals surface area contributed by atoms with Gasteiger partial charge in [-0.1, -0.05) is 24.3 Å². The molecule has 4 nitrogen and oxygen atoms in total. The number of aliphatic hydroxyl groups excluding tert-OH is 1. The Labute approximate surface area is 186 Å². The average Bonchev–Trinajstić information content (AvgIpc) is 2.72. The fourth-order valence-electron chi connectivity index (χ4n) is 4.42. The highest BCUT2D eigenvalue weighted by molar-refractivity contribution is 7.85. The standard InChI is InChI=1S/C24H32F2N2O2S/c1-17-14-27(15-18(2)28(17)16-19(3)29)12-13-31(30)24(20-4-8-22(25)9-5-20)21-6-10-23(26)11-7-21/h4-11,17-19,24,29H,12-16H2,1-3H3/t17-,18+,19-,31?/m0/s1. The van der Waals surface area contributed by atoms with Gasteiger partial charge in [0, 0.05) is 54.8 Å². The van der Waals surface area contributed by atoms with Crippen LogP contribution in [0, 0.1) is 11.6 Å². The van der Waals surface area contributed by atoms with E-state index in [9.17, 15) is 18.1 Å². The lowest BCUT2D eigenvalue weighted by molar-refractivity contribution is 0.0114. The number of nitrogens with zero attached hydrogens (tertiary/aromatic N) is 2. The highest BCUT2D eigenvalue weighted by atomic mass is 32.2. The van der Waals surface area contributed by atoms with Gasteiger partial charge in [-0.2, -0.15) is 0 Å². The molecule has 4 atom stereocenters. The van der Waals surface area contributed by atoms with Crippen LogP contribution in [0.5, 0.6) is 0 Å². The Morgan fingerprint density at radius 2 is 1.42 bits per heavy atom. The van der Waals surface area contributed by atoms with E-state index in [1.807, 2.05) is 0 Å². The number of piperazine rings is 1. The summed E-state index contributed by atoms with van der Waals surface area (Å²) in [6.45, 7) is 9.16. The quantitative estimate of drug-likeness (QED) is 0.668. The zero-order valence-corrected chi connectivity index (χ0v) is 19.2. The van der Waals surface area contributed by atoms with Gasteiger partial charge in [0.05, 0.1) is 11.4 Å². The predicted molar refractivity (Wildman–Crippen MR) is 121 cm³/mol. The van der Waals surface area contributed by atoms with Crippen LogP contribution in [-0.4, -0.2) is 69.2 Å². The third-order valence-electron chi connectivity index (χ3n) is 5.87. The first-order valence-electron chi connectivity index (χ1n) is 10.8. The smallest absolute Gasteiger partial charge is 0.123 e. The summed E-state index contributed by atoms with van der Waals surface area (Å²) in [6, 6.07) is 12.7. The second-order valence-corrected chi connectivity index (χ2v) is 10.2. The summed E-state index contributed by atoms with van der Waals surface area (Å²) in [5.41, 5.74) is 1.52. The molecular weight excluding hydrogens is 418 g/mol. The van der Waals surface area contributed by atoms with Crippen molar-refractivity contribution in [3.8, 4) is 0 Å². The van der Waals surface area contributed by atoms with E-state index in [-0.39, 0.29) is 17.7 Å². The van der Waals surface area contributed by atoms with Crippen molar-refractivity contribution < 1.29 is 18.1 Å². The second kappa shape index (κ2) is 10.8. The van der Waals surface area contributed by atoms with Gasteiger partial charge in [0.15, 0.2) is 0 Å². The highest BCUT2D eigenvalue weighted by Crippen LogP contribution is 2.29. The molecule has 1 aliphatic heterocycles. The molecule has 0 aromatic heterocycles. The molecule has 0 aliphatic carbocycles. The van der Waals surface area contributed by atoms with Crippen LogP contribution in [0.15, 0.2) is 48.5 Å². The summed E-state index contributed by atoms with van der Waals surface area (Å²) in [6.07, 6.45) is -0.365. The first-order valence-corrected chi connectivity index (χ1v) is 12.2. The van der Waals surface area contributed by atoms with E-state index in [1.54, 1.807) is 31.2 Å². The van der Waals surface area contributed by atoms with Crippen molar-refractivity contribution in [3.63, 3.8) is 0 Å². The molecule has 2 aromatic carbocycles. The maximum Gasteiger partial charge on any atom is 0.123 e. The van der Waals surface area contributed by atoms with E-state index < -0.39 is 16.0 Å². The molecule has 1 saturated heterocycles. The predicted octanol–water partition coefficient (Wildman–Crippen LogP) is 3.58. The molecule has 1 aliphatic rings. The second-order valence-electron chi connectivity index (χ2n) is 8.57. The molecule has 2 aromatic rings. The Morgan fingerprint density at radius 3 is 1.84 bits per heavy atom. The van der Waals surface area contributed by atoms with Gasteiger partial charge in [-0.15, -0.1) is 0 Å². The summed E-state index contributed by atoms with van der Waals surface area (Å²) in [7, 11) is -1.26. The third kappa shape index (κ3) is 6.42. The number of β-amino-alcohol motifs (C(OH)–C–C–N with tert-alkyl or cyclic N) is 1. The summed E-state index contributed by atoms with van der Waals surface area (Å²) in [4.78, 5) is 4.64. The fraction of sp³-hybridized carbons (Fsp3) is 0.500. The van der Waals surface area contributed by atoms with Gasteiger partial charge in [0.1, 0.15) is 11.6 Å². The molecular formula is C24H32F2N2O2S. The molecule has 31 heavy (non-hydrogen) atoms. The first kappa shape index (κ1) is 24.0. The zero-order chi connectivity index (χ0) is 22.5. The van der Waals surface area contributed by atoms with Crippen molar-refractivity contribution in [2.75, 3.05) is 31.9 Å². The minimum absolute atomic E-state index is 0.303. The topological polar surface area (TPSA) is 43.8 Å². The van der Waals surface area contributed by atoms with Gasteiger partial charge in [-0.05, 0) is 56.2 Å². The Balaban J connectivity index is 1.70. The monoisotopic (exact) mass is 450 g/mol. The van der Waals surface area contributed by atoms with Crippen molar-refractivity contribution >= 4 is 10.8 Å². The van der Waals surface area contributed by atoms with Crippen molar-refractivity contribution in [3.05, 3.63) is 71.3 Å². The molecule has 170 valence electrons.